The van der Waals surface area contributed by atoms with Crippen molar-refractivity contribution >= 4 is 23.1 Å². The summed E-state index contributed by atoms with van der Waals surface area (Å²) in [4.78, 5) is 34.2. The molecule has 37 heavy (non-hydrogen) atoms. The summed E-state index contributed by atoms with van der Waals surface area (Å²) in [6, 6.07) is 8.03. The molecular weight excluding hydrogens is 472 g/mol. The first kappa shape index (κ1) is 24.3. The molecule has 0 bridgehead atoms. The Kier molecular flexibility index (Phi) is 6.74. The van der Waals surface area contributed by atoms with Gasteiger partial charge in [0.2, 0.25) is 11.8 Å². The number of fused-ring (bicyclic) bond motifs is 1. The van der Waals surface area contributed by atoms with Crippen LogP contribution in [-0.4, -0.2) is 88.8 Å². The number of rotatable bonds is 7. The number of hydrogen-bond acceptors (Lipinski definition) is 8. The van der Waals surface area contributed by atoms with Crippen molar-refractivity contribution in [3.8, 4) is 22.9 Å². The van der Waals surface area contributed by atoms with Crippen LogP contribution in [0.2, 0.25) is 0 Å². The third kappa shape index (κ3) is 5.10. The zero-order valence-electron chi connectivity index (χ0n) is 20.7. The molecule has 2 aliphatic heterocycles. The van der Waals surface area contributed by atoms with Crippen LogP contribution in [0.5, 0.6) is 5.75 Å². The molecule has 5 rings (SSSR count). The van der Waals surface area contributed by atoms with Crippen molar-refractivity contribution in [2.75, 3.05) is 57.4 Å². The van der Waals surface area contributed by atoms with Gasteiger partial charge < -0.3 is 19.9 Å². The molecule has 2 fully saturated rings. The van der Waals surface area contributed by atoms with E-state index in [4.69, 9.17) is 4.74 Å². The van der Waals surface area contributed by atoms with Crippen molar-refractivity contribution in [1.29, 1.82) is 5.26 Å². The maximum absolute atomic E-state index is 12.2. The lowest BCUT2D eigenvalue weighted by Crippen LogP contribution is -2.49. The molecule has 190 valence electrons. The Bertz CT molecular complexity index is 1380. The number of pyridine rings is 2. The number of anilines is 1. The number of amides is 2. The number of nitriles is 1. The van der Waals surface area contributed by atoms with Crippen molar-refractivity contribution < 1.29 is 14.3 Å². The van der Waals surface area contributed by atoms with Crippen molar-refractivity contribution in [2.45, 2.75) is 6.92 Å². The SMILES string of the molecule is C=C(C)C(=O)N1CCN(c2ccc(-c3cc(OCCN4CNC(=O)C4)cn4ncc(C#N)c34)cn2)CC1. The second-order valence-corrected chi connectivity index (χ2v) is 9.18. The van der Waals surface area contributed by atoms with Gasteiger partial charge in [-0.2, -0.15) is 10.4 Å². The number of piperazine rings is 1. The average molecular weight is 501 g/mol. The summed E-state index contributed by atoms with van der Waals surface area (Å²) in [5.74, 6) is 1.45. The topological polar surface area (TPSA) is 119 Å². The Labute approximate surface area is 214 Å². The monoisotopic (exact) mass is 500 g/mol. The standard InChI is InChI=1S/C26H28N8O3/c1-18(2)26(36)33-7-5-32(6-8-33)23-4-3-19(13-28-23)22-11-21(15-34-25(22)20(12-27)14-30-34)37-10-9-31-16-24(35)29-17-31/h3-4,11,13-15H,1,5-10,16-17H2,2H3,(H,29,35). The van der Waals surface area contributed by atoms with Gasteiger partial charge in [-0.15, -0.1) is 0 Å². The molecule has 0 unspecified atom stereocenters. The van der Waals surface area contributed by atoms with Gasteiger partial charge in [-0.25, -0.2) is 9.50 Å². The summed E-state index contributed by atoms with van der Waals surface area (Å²) < 4.78 is 7.64. The normalized spacial score (nSPS) is 16.1. The van der Waals surface area contributed by atoms with Gasteiger partial charge in [0.25, 0.3) is 0 Å². The number of aromatic nitrogens is 3. The van der Waals surface area contributed by atoms with Crippen LogP contribution < -0.4 is 15.0 Å². The van der Waals surface area contributed by atoms with Gasteiger partial charge in [0.15, 0.2) is 0 Å². The van der Waals surface area contributed by atoms with E-state index >= 15 is 0 Å². The van der Waals surface area contributed by atoms with Crippen LogP contribution in [0.15, 0.2) is 48.9 Å². The second-order valence-electron chi connectivity index (χ2n) is 9.18. The van der Waals surface area contributed by atoms with Gasteiger partial charge >= 0.3 is 0 Å². The van der Waals surface area contributed by atoms with Crippen molar-refractivity contribution in [3.05, 3.63) is 54.5 Å². The number of nitrogens with zero attached hydrogens (tertiary/aromatic N) is 7. The number of nitrogens with one attached hydrogen (secondary N) is 1. The van der Waals surface area contributed by atoms with Gasteiger partial charge in [0.05, 0.1) is 36.7 Å². The van der Waals surface area contributed by atoms with Gasteiger partial charge in [0.1, 0.15) is 24.2 Å². The molecule has 0 spiro atoms. The highest BCUT2D eigenvalue weighted by Gasteiger charge is 2.23. The maximum Gasteiger partial charge on any atom is 0.249 e. The molecular formula is C26H28N8O3. The van der Waals surface area contributed by atoms with Crippen LogP contribution in [-0.2, 0) is 9.59 Å². The predicted molar refractivity (Wildman–Crippen MR) is 137 cm³/mol. The summed E-state index contributed by atoms with van der Waals surface area (Å²) in [5.41, 5.74) is 3.33. The Hall–Kier alpha value is -4.43. The molecule has 2 amide bonds. The lowest BCUT2D eigenvalue weighted by atomic mass is 10.1. The molecule has 3 aromatic heterocycles. The number of ether oxygens (including phenoxy) is 1. The van der Waals surface area contributed by atoms with E-state index in [-0.39, 0.29) is 11.8 Å². The first-order valence-corrected chi connectivity index (χ1v) is 12.1. The molecule has 2 saturated heterocycles. The van der Waals surface area contributed by atoms with Crippen LogP contribution in [0, 0.1) is 11.3 Å². The Morgan fingerprint density at radius 1 is 1.24 bits per heavy atom. The summed E-state index contributed by atoms with van der Waals surface area (Å²) in [7, 11) is 0. The van der Waals surface area contributed by atoms with E-state index in [1.807, 2.05) is 28.0 Å². The first-order valence-electron chi connectivity index (χ1n) is 12.1. The largest absolute Gasteiger partial charge is 0.491 e. The molecule has 11 nitrogen and oxygen atoms in total. The number of carbonyl (C=O) groups is 2. The summed E-state index contributed by atoms with van der Waals surface area (Å²) in [5, 5.41) is 16.7. The fourth-order valence-electron chi connectivity index (χ4n) is 4.58. The molecule has 0 aromatic carbocycles. The predicted octanol–water partition coefficient (Wildman–Crippen LogP) is 1.26. The van der Waals surface area contributed by atoms with Gasteiger partial charge in [-0.3, -0.25) is 14.5 Å². The van der Waals surface area contributed by atoms with Crippen LogP contribution in [0.4, 0.5) is 5.82 Å². The van der Waals surface area contributed by atoms with Gasteiger partial charge in [-0.05, 0) is 25.1 Å². The fourth-order valence-corrected chi connectivity index (χ4v) is 4.58. The Morgan fingerprint density at radius 3 is 2.70 bits per heavy atom. The highest BCUT2D eigenvalue weighted by atomic mass is 16.5. The Morgan fingerprint density at radius 2 is 2.05 bits per heavy atom. The van der Waals surface area contributed by atoms with Crippen molar-refractivity contribution in [2.24, 2.45) is 0 Å². The van der Waals surface area contributed by atoms with E-state index in [9.17, 15) is 14.9 Å². The minimum absolute atomic E-state index is 0.00577. The minimum Gasteiger partial charge on any atom is -0.491 e. The third-order valence-corrected chi connectivity index (χ3v) is 6.57. The van der Waals surface area contributed by atoms with E-state index < -0.39 is 0 Å². The third-order valence-electron chi connectivity index (χ3n) is 6.57. The zero-order valence-corrected chi connectivity index (χ0v) is 20.7. The second kappa shape index (κ2) is 10.3. The van der Waals surface area contributed by atoms with Crippen molar-refractivity contribution in [3.63, 3.8) is 0 Å². The quantitative estimate of drug-likeness (QED) is 0.482. The van der Waals surface area contributed by atoms with E-state index in [2.05, 4.69) is 32.9 Å². The summed E-state index contributed by atoms with van der Waals surface area (Å²) in [6.45, 7) is 10.0. The van der Waals surface area contributed by atoms with E-state index in [0.29, 0.717) is 74.9 Å². The van der Waals surface area contributed by atoms with Crippen LogP contribution in [0.3, 0.4) is 0 Å². The molecule has 11 heteroatoms. The smallest absolute Gasteiger partial charge is 0.249 e. The lowest BCUT2D eigenvalue weighted by Gasteiger charge is -2.35. The minimum atomic E-state index is -0.00577. The van der Waals surface area contributed by atoms with Gasteiger partial charge in [-0.1, -0.05) is 6.58 Å². The highest BCUT2D eigenvalue weighted by Crippen LogP contribution is 2.31. The summed E-state index contributed by atoms with van der Waals surface area (Å²) >= 11 is 0. The average Bonchev–Trinajstić information content (AvgIpc) is 3.53. The van der Waals surface area contributed by atoms with Crippen molar-refractivity contribution in [1.82, 2.24) is 29.7 Å². The zero-order chi connectivity index (χ0) is 25.9. The fraction of sp³-hybridized carbons (Fsp3) is 0.346. The Balaban J connectivity index is 1.33. The molecule has 5 heterocycles. The molecule has 0 radical (unpaired) electrons. The molecule has 3 aromatic rings. The van der Waals surface area contributed by atoms with E-state index in [0.717, 1.165) is 16.9 Å². The van der Waals surface area contributed by atoms with E-state index in [1.54, 1.807) is 23.8 Å². The highest BCUT2D eigenvalue weighted by molar-refractivity contribution is 5.92. The van der Waals surface area contributed by atoms with Gasteiger partial charge in [0, 0.05) is 55.6 Å². The molecule has 1 N–H and O–H groups in total. The molecule has 0 atom stereocenters. The summed E-state index contributed by atoms with van der Waals surface area (Å²) in [6.07, 6.45) is 5.08. The molecule has 0 aliphatic carbocycles. The number of carbonyl (C=O) groups excluding carboxylic acids is 2. The van der Waals surface area contributed by atoms with Crippen LogP contribution in [0.25, 0.3) is 16.6 Å². The maximum atomic E-state index is 12.2. The number of hydrogen-bond donors (Lipinski definition) is 1. The lowest BCUT2D eigenvalue weighted by molar-refractivity contribution is -0.127. The van der Waals surface area contributed by atoms with Crippen LogP contribution >= 0.6 is 0 Å². The molecule has 2 aliphatic rings. The van der Waals surface area contributed by atoms with Crippen LogP contribution in [0.1, 0.15) is 12.5 Å². The first-order chi connectivity index (χ1) is 17.9. The molecule has 0 saturated carbocycles. The van der Waals surface area contributed by atoms with E-state index in [1.165, 1.54) is 6.20 Å².